The van der Waals surface area contributed by atoms with Crippen LogP contribution in [-0.2, 0) is 4.79 Å². The second kappa shape index (κ2) is 9.10. The topological polar surface area (TPSA) is 84.9 Å². The highest BCUT2D eigenvalue weighted by Gasteiger charge is 2.23. The number of halogens is 1. The maximum Gasteiger partial charge on any atom is 0.330 e. The first-order valence-corrected chi connectivity index (χ1v) is 8.52. The van der Waals surface area contributed by atoms with Gasteiger partial charge >= 0.3 is 5.97 Å². The van der Waals surface area contributed by atoms with Crippen molar-refractivity contribution in [3.8, 4) is 11.5 Å². The molecule has 0 aliphatic carbocycles. The van der Waals surface area contributed by atoms with Crippen LogP contribution in [0.3, 0.4) is 0 Å². The third-order valence-electron chi connectivity index (χ3n) is 3.53. The average Bonchev–Trinajstić information content (AvgIpc) is 2.62. The molecule has 0 spiro atoms. The van der Waals surface area contributed by atoms with Crippen LogP contribution in [0.15, 0.2) is 42.5 Å². The molecule has 6 nitrogen and oxygen atoms in total. The van der Waals surface area contributed by atoms with E-state index in [0.717, 1.165) is 0 Å². The average molecular weight is 378 g/mol. The number of ether oxygens (including phenoxy) is 2. The minimum absolute atomic E-state index is 0.275. The van der Waals surface area contributed by atoms with Crippen LogP contribution in [-0.4, -0.2) is 30.2 Å². The van der Waals surface area contributed by atoms with E-state index in [4.69, 9.17) is 21.1 Å². The van der Waals surface area contributed by atoms with E-state index >= 15 is 0 Å². The third-order valence-corrected chi connectivity index (χ3v) is 3.78. The smallest absolute Gasteiger partial charge is 0.330 e. The van der Waals surface area contributed by atoms with Crippen molar-refractivity contribution in [3.63, 3.8) is 0 Å². The van der Waals surface area contributed by atoms with Gasteiger partial charge in [-0.15, -0.1) is 0 Å². The molecular weight excluding hydrogens is 358 g/mol. The van der Waals surface area contributed by atoms with Crippen LogP contribution in [0.4, 0.5) is 0 Å². The molecule has 138 valence electrons. The molecule has 2 aromatic rings. The Bertz CT molecular complexity index is 776. The van der Waals surface area contributed by atoms with Crippen molar-refractivity contribution in [1.29, 1.82) is 0 Å². The minimum atomic E-state index is -1.19. The maximum absolute atomic E-state index is 12.5. The van der Waals surface area contributed by atoms with Crippen LogP contribution in [0.25, 0.3) is 0 Å². The largest absolute Gasteiger partial charge is 0.490 e. The fourth-order valence-corrected chi connectivity index (χ4v) is 2.48. The molecule has 0 fully saturated rings. The van der Waals surface area contributed by atoms with Gasteiger partial charge in [0, 0.05) is 10.6 Å². The lowest BCUT2D eigenvalue weighted by molar-refractivity contribution is -0.139. The molecule has 2 rings (SSSR count). The van der Waals surface area contributed by atoms with Gasteiger partial charge in [-0.05, 0) is 49.7 Å². The molecule has 0 radical (unpaired) electrons. The molecule has 0 bridgehead atoms. The van der Waals surface area contributed by atoms with Gasteiger partial charge < -0.3 is 19.9 Å². The normalized spacial score (nSPS) is 11.5. The van der Waals surface area contributed by atoms with Crippen LogP contribution >= 0.6 is 11.6 Å². The van der Waals surface area contributed by atoms with Crippen molar-refractivity contribution in [2.45, 2.75) is 19.9 Å². The first kappa shape index (κ1) is 19.6. The summed E-state index contributed by atoms with van der Waals surface area (Å²) in [7, 11) is 0. The number of hydrogen-bond acceptors (Lipinski definition) is 4. The molecule has 0 aliphatic heterocycles. The molecule has 1 atom stereocenters. The molecule has 2 N–H and O–H groups in total. The number of amides is 1. The Balaban J connectivity index is 2.24. The first-order chi connectivity index (χ1) is 12.5. The fourth-order valence-electron chi connectivity index (χ4n) is 2.35. The second-order valence-electron chi connectivity index (χ2n) is 5.32. The molecule has 0 heterocycles. The Morgan fingerprint density at radius 2 is 1.65 bits per heavy atom. The van der Waals surface area contributed by atoms with Crippen LogP contribution in [0.2, 0.25) is 5.02 Å². The molecule has 7 heteroatoms. The summed E-state index contributed by atoms with van der Waals surface area (Å²) in [6, 6.07) is 9.79. The standard InChI is InChI=1S/C19H20ClNO5/c1-3-25-15-10-7-13(11-16(15)26-4-2)18(22)21-17(19(23)24)12-5-8-14(20)9-6-12/h5-11,17H,3-4H2,1-2H3,(H,21,22)(H,23,24). The molecule has 1 amide bonds. The van der Waals surface area contributed by atoms with Gasteiger partial charge in [0.25, 0.3) is 5.91 Å². The summed E-state index contributed by atoms with van der Waals surface area (Å²) in [5, 5.41) is 12.4. The number of nitrogens with one attached hydrogen (secondary N) is 1. The second-order valence-corrected chi connectivity index (χ2v) is 5.76. The van der Waals surface area contributed by atoms with Gasteiger partial charge in [-0.25, -0.2) is 4.79 Å². The molecule has 1 unspecified atom stereocenters. The van der Waals surface area contributed by atoms with Crippen LogP contribution in [0.5, 0.6) is 11.5 Å². The summed E-state index contributed by atoms with van der Waals surface area (Å²) < 4.78 is 11.0. The van der Waals surface area contributed by atoms with E-state index in [-0.39, 0.29) is 5.56 Å². The van der Waals surface area contributed by atoms with E-state index in [1.54, 1.807) is 36.4 Å². The fraction of sp³-hybridized carbons (Fsp3) is 0.263. The maximum atomic E-state index is 12.5. The van der Waals surface area contributed by atoms with Crippen molar-refractivity contribution in [3.05, 3.63) is 58.6 Å². The number of carboxylic acids is 1. The number of carboxylic acid groups (broad SMARTS) is 1. The Kier molecular flexibility index (Phi) is 6.86. The van der Waals surface area contributed by atoms with Gasteiger partial charge in [-0.1, -0.05) is 23.7 Å². The number of carbonyl (C=O) groups is 2. The first-order valence-electron chi connectivity index (χ1n) is 8.15. The molecular formula is C19H20ClNO5. The van der Waals surface area contributed by atoms with E-state index in [1.807, 2.05) is 13.8 Å². The lowest BCUT2D eigenvalue weighted by Gasteiger charge is -2.16. The number of hydrogen-bond donors (Lipinski definition) is 2. The quantitative estimate of drug-likeness (QED) is 0.732. The van der Waals surface area contributed by atoms with Crippen molar-refractivity contribution in [1.82, 2.24) is 5.32 Å². The van der Waals surface area contributed by atoms with Crippen molar-refractivity contribution in [2.24, 2.45) is 0 Å². The van der Waals surface area contributed by atoms with Gasteiger partial charge in [-0.3, -0.25) is 4.79 Å². The summed E-state index contributed by atoms with van der Waals surface area (Å²) in [4.78, 5) is 24.1. The van der Waals surface area contributed by atoms with E-state index in [1.165, 1.54) is 6.07 Å². The van der Waals surface area contributed by atoms with E-state index < -0.39 is 17.9 Å². The molecule has 0 saturated carbocycles. The zero-order chi connectivity index (χ0) is 19.1. The zero-order valence-electron chi connectivity index (χ0n) is 14.5. The summed E-state index contributed by atoms with van der Waals surface area (Å²) in [5.74, 6) is -0.744. The SMILES string of the molecule is CCOc1ccc(C(=O)NC(C(=O)O)c2ccc(Cl)cc2)cc1OCC. The Labute approximate surface area is 156 Å². The third kappa shape index (κ3) is 4.89. The van der Waals surface area contributed by atoms with Crippen LogP contribution in [0, 0.1) is 0 Å². The molecule has 0 aliphatic rings. The van der Waals surface area contributed by atoms with Gasteiger partial charge in [0.15, 0.2) is 17.5 Å². The molecule has 2 aromatic carbocycles. The number of benzene rings is 2. The van der Waals surface area contributed by atoms with E-state index in [9.17, 15) is 14.7 Å². The summed E-state index contributed by atoms with van der Waals surface area (Å²) in [6.45, 7) is 4.54. The van der Waals surface area contributed by atoms with E-state index in [0.29, 0.717) is 35.3 Å². The monoisotopic (exact) mass is 377 g/mol. The molecule has 0 saturated heterocycles. The molecule has 26 heavy (non-hydrogen) atoms. The predicted molar refractivity (Wildman–Crippen MR) is 98.1 cm³/mol. The highest BCUT2D eigenvalue weighted by Crippen LogP contribution is 2.29. The number of carbonyl (C=O) groups excluding carboxylic acids is 1. The summed E-state index contributed by atoms with van der Waals surface area (Å²) in [5.41, 5.74) is 0.698. The van der Waals surface area contributed by atoms with Crippen LogP contribution < -0.4 is 14.8 Å². The van der Waals surface area contributed by atoms with Gasteiger partial charge in [0.05, 0.1) is 13.2 Å². The Hall–Kier alpha value is -2.73. The van der Waals surface area contributed by atoms with Gasteiger partial charge in [0.2, 0.25) is 0 Å². The Morgan fingerprint density at radius 1 is 1.04 bits per heavy atom. The highest BCUT2D eigenvalue weighted by atomic mass is 35.5. The van der Waals surface area contributed by atoms with Crippen molar-refractivity contribution in [2.75, 3.05) is 13.2 Å². The number of rotatable bonds is 8. The highest BCUT2D eigenvalue weighted by molar-refractivity contribution is 6.30. The Morgan fingerprint density at radius 3 is 2.23 bits per heavy atom. The predicted octanol–water partition coefficient (Wildman–Crippen LogP) is 3.69. The van der Waals surface area contributed by atoms with Gasteiger partial charge in [0.1, 0.15) is 0 Å². The van der Waals surface area contributed by atoms with E-state index in [2.05, 4.69) is 5.32 Å². The van der Waals surface area contributed by atoms with Crippen molar-refractivity contribution >= 4 is 23.5 Å². The summed E-state index contributed by atoms with van der Waals surface area (Å²) in [6.07, 6.45) is 0. The van der Waals surface area contributed by atoms with Crippen LogP contribution in [0.1, 0.15) is 35.8 Å². The minimum Gasteiger partial charge on any atom is -0.490 e. The van der Waals surface area contributed by atoms with Crippen molar-refractivity contribution < 1.29 is 24.2 Å². The molecule has 0 aromatic heterocycles. The summed E-state index contributed by atoms with van der Waals surface area (Å²) >= 11 is 5.82. The lowest BCUT2D eigenvalue weighted by Crippen LogP contribution is -2.33. The van der Waals surface area contributed by atoms with Gasteiger partial charge in [-0.2, -0.15) is 0 Å². The number of aliphatic carboxylic acids is 1. The zero-order valence-corrected chi connectivity index (χ0v) is 15.2. The lowest BCUT2D eigenvalue weighted by atomic mass is 10.1.